The predicted octanol–water partition coefficient (Wildman–Crippen LogP) is 4.41. The van der Waals surface area contributed by atoms with Gasteiger partial charge in [0.25, 0.3) is 5.69 Å². The summed E-state index contributed by atoms with van der Waals surface area (Å²) in [6.07, 6.45) is 4.07. The van der Waals surface area contributed by atoms with Crippen molar-refractivity contribution < 1.29 is 19.2 Å². The summed E-state index contributed by atoms with van der Waals surface area (Å²) in [5, 5.41) is 10.8. The van der Waals surface area contributed by atoms with Crippen LogP contribution < -0.4 is 0 Å². The molecule has 0 spiro atoms. The molecule has 0 atom stereocenters. The van der Waals surface area contributed by atoms with Crippen LogP contribution >= 0.6 is 0 Å². The Labute approximate surface area is 163 Å². The zero-order valence-corrected chi connectivity index (χ0v) is 15.8. The Morgan fingerprint density at radius 3 is 2.07 bits per heavy atom. The second-order valence-corrected chi connectivity index (χ2v) is 7.89. The lowest BCUT2D eigenvalue weighted by atomic mass is 9.62. The standard InChI is InChI=1S/C22H23NO5/c1-27-20(24)14-22-12-10-21(11-13-22,15-28-22)18-6-2-16(3-7-18)17-4-8-19(9-5-17)23(25)26/h2-9H,10-15H2,1H3. The zero-order valence-electron chi connectivity index (χ0n) is 15.8. The summed E-state index contributed by atoms with van der Waals surface area (Å²) >= 11 is 0. The fourth-order valence-electron chi connectivity index (χ4n) is 4.49. The first-order chi connectivity index (χ1) is 13.5. The van der Waals surface area contributed by atoms with E-state index in [4.69, 9.17) is 9.47 Å². The number of methoxy groups -OCH3 is 1. The highest BCUT2D eigenvalue weighted by molar-refractivity contribution is 5.70. The highest BCUT2D eigenvalue weighted by atomic mass is 16.6. The number of nitrogens with zero attached hydrogens (tertiary/aromatic N) is 1. The summed E-state index contributed by atoms with van der Waals surface area (Å²) in [6.45, 7) is 0.626. The van der Waals surface area contributed by atoms with E-state index in [-0.39, 0.29) is 22.7 Å². The van der Waals surface area contributed by atoms with Crippen molar-refractivity contribution in [1.29, 1.82) is 0 Å². The molecule has 2 aromatic rings. The van der Waals surface area contributed by atoms with Gasteiger partial charge in [0.05, 0.1) is 30.7 Å². The van der Waals surface area contributed by atoms with Crippen LogP contribution in [-0.4, -0.2) is 30.2 Å². The Morgan fingerprint density at radius 1 is 1.04 bits per heavy atom. The largest absolute Gasteiger partial charge is 0.469 e. The fourth-order valence-corrected chi connectivity index (χ4v) is 4.49. The smallest absolute Gasteiger partial charge is 0.308 e. The maximum absolute atomic E-state index is 11.7. The average molecular weight is 381 g/mol. The molecule has 6 nitrogen and oxygen atoms in total. The highest BCUT2D eigenvalue weighted by Gasteiger charge is 2.51. The van der Waals surface area contributed by atoms with Crippen molar-refractivity contribution >= 4 is 11.7 Å². The Kier molecular flexibility index (Phi) is 4.67. The normalized spacial score (nSPS) is 26.0. The van der Waals surface area contributed by atoms with Gasteiger partial charge >= 0.3 is 5.97 Å². The van der Waals surface area contributed by atoms with Crippen molar-refractivity contribution in [2.75, 3.05) is 13.7 Å². The molecule has 1 aliphatic carbocycles. The third-order valence-corrected chi connectivity index (χ3v) is 6.38. The molecule has 0 radical (unpaired) electrons. The average Bonchev–Trinajstić information content (AvgIpc) is 2.75. The Morgan fingerprint density at radius 2 is 1.61 bits per heavy atom. The SMILES string of the molecule is COC(=O)CC12CCC(c3ccc(-c4ccc([N+](=O)[O-])cc4)cc3)(CC1)CO2. The van der Waals surface area contributed by atoms with Crippen LogP contribution in [0.15, 0.2) is 48.5 Å². The van der Waals surface area contributed by atoms with Gasteiger partial charge in [0.2, 0.25) is 0 Å². The van der Waals surface area contributed by atoms with Gasteiger partial charge in [-0.25, -0.2) is 0 Å². The maximum Gasteiger partial charge on any atom is 0.308 e. The molecule has 146 valence electrons. The zero-order chi connectivity index (χ0) is 19.8. The number of hydrogen-bond acceptors (Lipinski definition) is 5. The molecule has 0 amide bonds. The first-order valence-corrected chi connectivity index (χ1v) is 9.52. The van der Waals surface area contributed by atoms with E-state index < -0.39 is 4.92 Å². The lowest BCUT2D eigenvalue weighted by Crippen LogP contribution is -2.54. The molecule has 2 aliphatic heterocycles. The molecule has 2 aromatic carbocycles. The summed E-state index contributed by atoms with van der Waals surface area (Å²) in [5.41, 5.74) is 2.98. The number of fused-ring (bicyclic) bond motifs is 3. The quantitative estimate of drug-likeness (QED) is 0.436. The number of carbonyl (C=O) groups is 1. The molecule has 2 saturated heterocycles. The van der Waals surface area contributed by atoms with Crippen molar-refractivity contribution in [3.8, 4) is 11.1 Å². The molecular formula is C22H23NO5. The first kappa shape index (κ1) is 18.6. The number of nitro groups is 1. The number of non-ortho nitro benzene ring substituents is 1. The van der Waals surface area contributed by atoms with Gasteiger partial charge in [0.15, 0.2) is 0 Å². The molecule has 1 saturated carbocycles. The van der Waals surface area contributed by atoms with Gasteiger partial charge in [-0.2, -0.15) is 0 Å². The molecule has 3 aliphatic rings. The van der Waals surface area contributed by atoms with Crippen molar-refractivity contribution in [3.63, 3.8) is 0 Å². The Bertz CT molecular complexity index is 864. The van der Waals surface area contributed by atoms with Crippen LogP contribution in [0.1, 0.15) is 37.7 Å². The summed E-state index contributed by atoms with van der Waals surface area (Å²) in [5.74, 6) is -0.207. The Hall–Kier alpha value is -2.73. The third-order valence-electron chi connectivity index (χ3n) is 6.38. The van der Waals surface area contributed by atoms with Crippen LogP contribution in [0.2, 0.25) is 0 Å². The lowest BCUT2D eigenvalue weighted by Gasteiger charge is -2.53. The Balaban J connectivity index is 1.49. The van der Waals surface area contributed by atoms with Gasteiger partial charge in [0, 0.05) is 17.5 Å². The van der Waals surface area contributed by atoms with Gasteiger partial charge < -0.3 is 9.47 Å². The first-order valence-electron chi connectivity index (χ1n) is 9.52. The maximum atomic E-state index is 11.7. The van der Waals surface area contributed by atoms with Gasteiger partial charge in [-0.05, 0) is 54.5 Å². The van der Waals surface area contributed by atoms with E-state index in [1.807, 2.05) is 0 Å². The second kappa shape index (κ2) is 7.02. The minimum atomic E-state index is -0.390. The van der Waals surface area contributed by atoms with E-state index in [2.05, 4.69) is 24.3 Å². The van der Waals surface area contributed by atoms with Crippen molar-refractivity contribution in [2.24, 2.45) is 0 Å². The van der Waals surface area contributed by atoms with E-state index >= 15 is 0 Å². The molecule has 0 N–H and O–H groups in total. The number of nitro benzene ring substituents is 1. The summed E-state index contributed by atoms with van der Waals surface area (Å²) < 4.78 is 11.0. The summed E-state index contributed by atoms with van der Waals surface area (Å²) in [7, 11) is 1.42. The third kappa shape index (κ3) is 3.29. The monoisotopic (exact) mass is 381 g/mol. The topological polar surface area (TPSA) is 78.7 Å². The van der Waals surface area contributed by atoms with Crippen molar-refractivity contribution in [3.05, 3.63) is 64.2 Å². The molecule has 2 bridgehead atoms. The number of rotatable bonds is 5. The van der Waals surface area contributed by atoms with E-state index in [0.717, 1.165) is 36.8 Å². The van der Waals surface area contributed by atoms with Crippen LogP contribution in [0.5, 0.6) is 0 Å². The molecular weight excluding hydrogens is 358 g/mol. The van der Waals surface area contributed by atoms with E-state index in [9.17, 15) is 14.9 Å². The molecule has 0 unspecified atom stereocenters. The lowest BCUT2D eigenvalue weighted by molar-refractivity contribution is -0.384. The van der Waals surface area contributed by atoms with Gasteiger partial charge in [0.1, 0.15) is 0 Å². The van der Waals surface area contributed by atoms with E-state index in [1.165, 1.54) is 24.8 Å². The second-order valence-electron chi connectivity index (χ2n) is 7.89. The predicted molar refractivity (Wildman–Crippen MR) is 104 cm³/mol. The van der Waals surface area contributed by atoms with E-state index in [1.54, 1.807) is 12.1 Å². The number of ether oxygens (including phenoxy) is 2. The van der Waals surface area contributed by atoms with Gasteiger partial charge in [-0.1, -0.05) is 24.3 Å². The summed E-state index contributed by atoms with van der Waals surface area (Å²) in [4.78, 5) is 22.1. The molecule has 2 heterocycles. The van der Waals surface area contributed by atoms with Gasteiger partial charge in [-0.3, -0.25) is 14.9 Å². The molecule has 6 heteroatoms. The highest BCUT2D eigenvalue weighted by Crippen LogP contribution is 2.51. The van der Waals surface area contributed by atoms with Crippen molar-refractivity contribution in [1.82, 2.24) is 0 Å². The number of esters is 1. The van der Waals surface area contributed by atoms with Gasteiger partial charge in [-0.15, -0.1) is 0 Å². The van der Waals surface area contributed by atoms with Crippen LogP contribution in [0, 0.1) is 10.1 Å². The fraction of sp³-hybridized carbons (Fsp3) is 0.409. The molecule has 5 rings (SSSR count). The number of hydrogen-bond donors (Lipinski definition) is 0. The minimum absolute atomic E-state index is 0.00583. The van der Waals surface area contributed by atoms with Crippen LogP contribution in [0.25, 0.3) is 11.1 Å². The van der Waals surface area contributed by atoms with Crippen LogP contribution in [-0.2, 0) is 19.7 Å². The number of carbonyl (C=O) groups excluding carboxylic acids is 1. The summed E-state index contributed by atoms with van der Waals surface area (Å²) in [6, 6.07) is 15.0. The van der Waals surface area contributed by atoms with Crippen molar-refractivity contribution in [2.45, 2.75) is 43.1 Å². The van der Waals surface area contributed by atoms with E-state index in [0.29, 0.717) is 13.0 Å². The van der Waals surface area contributed by atoms with Crippen LogP contribution in [0.4, 0.5) is 5.69 Å². The molecule has 0 aromatic heterocycles. The van der Waals surface area contributed by atoms with Crippen LogP contribution in [0.3, 0.4) is 0 Å². The number of benzene rings is 2. The molecule has 28 heavy (non-hydrogen) atoms. The minimum Gasteiger partial charge on any atom is -0.469 e. The molecule has 3 fully saturated rings.